The van der Waals surface area contributed by atoms with Gasteiger partial charge in [0.15, 0.2) is 11.4 Å². The fraction of sp³-hybridized carbons (Fsp3) is 0.405. The number of benzene rings is 1. The molecule has 0 bridgehead atoms. The van der Waals surface area contributed by atoms with E-state index >= 15 is 0 Å². The number of hydrogen-bond acceptors (Lipinski definition) is 11. The van der Waals surface area contributed by atoms with Crippen LogP contribution in [0.1, 0.15) is 65.1 Å². The van der Waals surface area contributed by atoms with Crippen LogP contribution >= 0.6 is 11.6 Å². The highest BCUT2D eigenvalue weighted by Gasteiger charge is 2.49. The number of anilines is 3. The van der Waals surface area contributed by atoms with Crippen molar-refractivity contribution in [2.75, 3.05) is 54.4 Å². The van der Waals surface area contributed by atoms with Crippen LogP contribution in [0.4, 0.5) is 30.6 Å². The number of carbonyl (C=O) groups excluding carboxylic acids is 2. The highest BCUT2D eigenvalue weighted by Crippen LogP contribution is 2.50. The first kappa shape index (κ1) is 37.2. The van der Waals surface area contributed by atoms with Crippen molar-refractivity contribution in [1.29, 1.82) is 0 Å². The van der Waals surface area contributed by atoms with E-state index in [0.29, 0.717) is 62.6 Å². The largest absolute Gasteiger partial charge is 0.504 e. The summed E-state index contributed by atoms with van der Waals surface area (Å²) in [7, 11) is 0. The van der Waals surface area contributed by atoms with Crippen molar-refractivity contribution in [3.8, 4) is 5.75 Å². The van der Waals surface area contributed by atoms with E-state index < -0.39 is 29.0 Å². The maximum Gasteiger partial charge on any atom is 0.416 e. The zero-order valence-corrected chi connectivity index (χ0v) is 31.2. The average Bonchev–Trinajstić information content (AvgIpc) is 3.75. The number of carbonyl (C=O) groups is 2. The number of nitrogens with zero attached hydrogens (tertiary/aromatic N) is 10. The first-order valence-corrected chi connectivity index (χ1v) is 18.5. The highest BCUT2D eigenvalue weighted by atomic mass is 35.5. The molecule has 3 aliphatic rings. The van der Waals surface area contributed by atoms with Gasteiger partial charge in [0.05, 0.1) is 22.0 Å². The zero-order valence-electron chi connectivity index (χ0n) is 30.4. The predicted molar refractivity (Wildman–Crippen MR) is 199 cm³/mol. The van der Waals surface area contributed by atoms with Crippen LogP contribution in [0.3, 0.4) is 0 Å². The number of aromatic hydroxyl groups is 1. The predicted octanol–water partition coefficient (Wildman–Crippen LogP) is 4.41. The Morgan fingerprint density at radius 2 is 1.75 bits per heavy atom. The number of aromatic nitrogens is 7. The maximum atomic E-state index is 14.6. The van der Waals surface area contributed by atoms with Gasteiger partial charge in [0.25, 0.3) is 11.5 Å². The van der Waals surface area contributed by atoms with Crippen molar-refractivity contribution in [2.24, 2.45) is 0 Å². The second-order valence-corrected chi connectivity index (χ2v) is 14.9. The van der Waals surface area contributed by atoms with Crippen LogP contribution in [0.15, 0.2) is 53.7 Å². The maximum absolute atomic E-state index is 14.6. The summed E-state index contributed by atoms with van der Waals surface area (Å²) in [6, 6.07) is 8.41. The summed E-state index contributed by atoms with van der Waals surface area (Å²) in [4.78, 5) is 64.8. The average molecular weight is 792 g/mol. The van der Waals surface area contributed by atoms with Crippen LogP contribution < -0.4 is 20.7 Å². The fourth-order valence-corrected chi connectivity index (χ4v) is 8.54. The number of rotatable bonds is 6. The number of fused-ring (bicyclic) bond motifs is 3. The Morgan fingerprint density at radius 3 is 2.43 bits per heavy atom. The molecule has 1 aromatic carbocycles. The lowest BCUT2D eigenvalue weighted by atomic mass is 9.73. The Hall–Kier alpha value is -5.78. The quantitative estimate of drug-likeness (QED) is 0.250. The van der Waals surface area contributed by atoms with Crippen molar-refractivity contribution in [2.45, 2.75) is 57.2 Å². The lowest BCUT2D eigenvalue weighted by Crippen LogP contribution is -2.47. The van der Waals surface area contributed by atoms with Gasteiger partial charge < -0.3 is 29.7 Å². The van der Waals surface area contributed by atoms with Gasteiger partial charge in [-0.1, -0.05) is 24.6 Å². The Labute approximate surface area is 322 Å². The third kappa shape index (κ3) is 6.54. The lowest BCUT2D eigenvalue weighted by Gasteiger charge is -2.39. The van der Waals surface area contributed by atoms with Gasteiger partial charge in [-0.25, -0.2) is 15.0 Å². The minimum atomic E-state index is -4.61. The molecule has 4 aromatic heterocycles. The summed E-state index contributed by atoms with van der Waals surface area (Å²) in [5.74, 6) is -0.224. The number of piperazine rings is 1. The molecule has 19 heteroatoms. The molecule has 1 unspecified atom stereocenters. The third-order valence-corrected chi connectivity index (χ3v) is 11.4. The van der Waals surface area contributed by atoms with Crippen molar-refractivity contribution in [1.82, 2.24) is 39.0 Å². The second-order valence-electron chi connectivity index (χ2n) is 14.5. The topological polar surface area (TPSA) is 167 Å². The summed E-state index contributed by atoms with van der Waals surface area (Å²) in [5.41, 5.74) is -0.696. The molecule has 15 nitrogen and oxygen atoms in total. The number of hydrogen-bond donors (Lipinski definition) is 2. The van der Waals surface area contributed by atoms with Gasteiger partial charge in [-0.3, -0.25) is 14.4 Å². The summed E-state index contributed by atoms with van der Waals surface area (Å²) in [6.45, 7) is 6.11. The minimum absolute atomic E-state index is 0.00205. The summed E-state index contributed by atoms with van der Waals surface area (Å²) < 4.78 is 42.8. The van der Waals surface area contributed by atoms with E-state index in [1.54, 1.807) is 22.6 Å². The number of pyridine rings is 1. The molecule has 5 aromatic rings. The first-order valence-electron chi connectivity index (χ1n) is 18.2. The number of nitrogens with one attached hydrogen (secondary N) is 1. The van der Waals surface area contributed by atoms with Gasteiger partial charge >= 0.3 is 6.18 Å². The van der Waals surface area contributed by atoms with Gasteiger partial charge in [0.1, 0.15) is 18.7 Å². The number of amides is 2. The van der Waals surface area contributed by atoms with Crippen molar-refractivity contribution in [3.63, 3.8) is 0 Å². The van der Waals surface area contributed by atoms with Gasteiger partial charge in [-0.15, -0.1) is 5.10 Å². The molecule has 1 atom stereocenters. The molecular formula is C37H37ClF3N11O4. The van der Waals surface area contributed by atoms with Crippen molar-refractivity contribution in [3.05, 3.63) is 92.5 Å². The molecule has 2 aliphatic heterocycles. The molecule has 2 N–H and O–H groups in total. The lowest BCUT2D eigenvalue weighted by molar-refractivity contribution is -0.137. The van der Waals surface area contributed by atoms with Crippen LogP contribution in [-0.2, 0) is 22.9 Å². The zero-order chi connectivity index (χ0) is 39.5. The molecule has 6 heterocycles. The van der Waals surface area contributed by atoms with Crippen LogP contribution in [-0.4, -0.2) is 95.2 Å². The van der Waals surface area contributed by atoms with E-state index in [0.717, 1.165) is 24.0 Å². The van der Waals surface area contributed by atoms with Crippen LogP contribution in [0.25, 0.3) is 5.78 Å². The molecule has 0 saturated carbocycles. The van der Waals surface area contributed by atoms with Gasteiger partial charge in [0, 0.05) is 62.1 Å². The molecular weight excluding hydrogens is 755 g/mol. The summed E-state index contributed by atoms with van der Waals surface area (Å²) in [6.07, 6.45) is -0.251. The van der Waals surface area contributed by atoms with Crippen LogP contribution in [0, 0.1) is 6.92 Å². The highest BCUT2D eigenvalue weighted by molar-refractivity contribution is 6.33. The Balaban J connectivity index is 1.14. The third-order valence-electron chi connectivity index (χ3n) is 11.1. The number of likely N-dealkylation sites (tertiary alicyclic amines) is 1. The number of piperidine rings is 1. The van der Waals surface area contributed by atoms with E-state index in [4.69, 9.17) is 21.7 Å². The SMILES string of the molecule is Cc1ncnc(C(=O)N2CCC3(CC2)CC(C)c2c3c(=O)n3nc(N4CCN(c5ccccn5)CC4)nc3n2CC(=O)Nc2ccc(C(F)(F)F)cc2Cl)c1O. The summed E-state index contributed by atoms with van der Waals surface area (Å²) in [5, 5.41) is 17.6. The van der Waals surface area contributed by atoms with E-state index in [-0.39, 0.29) is 64.7 Å². The number of alkyl halides is 3. The molecule has 2 saturated heterocycles. The molecule has 56 heavy (non-hydrogen) atoms. The molecule has 2 amide bonds. The van der Waals surface area contributed by atoms with Gasteiger partial charge in [0.2, 0.25) is 17.6 Å². The Kier molecular flexibility index (Phi) is 9.33. The first-order chi connectivity index (χ1) is 26.7. The van der Waals surface area contributed by atoms with E-state index in [1.165, 1.54) is 10.8 Å². The molecule has 8 rings (SSSR count). The van der Waals surface area contributed by atoms with Gasteiger partial charge in [-0.05, 0) is 62.4 Å². The molecule has 1 aliphatic carbocycles. The van der Waals surface area contributed by atoms with Crippen molar-refractivity contribution < 1.29 is 27.9 Å². The molecule has 292 valence electrons. The minimum Gasteiger partial charge on any atom is -0.504 e. The van der Waals surface area contributed by atoms with E-state index in [2.05, 4.69) is 25.2 Å². The fourth-order valence-electron chi connectivity index (χ4n) is 8.32. The van der Waals surface area contributed by atoms with E-state index in [1.807, 2.05) is 30.0 Å². The van der Waals surface area contributed by atoms with E-state index in [9.17, 15) is 32.7 Å². The number of halogens is 4. The molecule has 1 spiro atoms. The Morgan fingerprint density at radius 1 is 1.02 bits per heavy atom. The van der Waals surface area contributed by atoms with Crippen molar-refractivity contribution >= 4 is 46.6 Å². The van der Waals surface area contributed by atoms with Gasteiger partial charge in [-0.2, -0.15) is 22.7 Å². The Bertz CT molecular complexity index is 2410. The normalized spacial score (nSPS) is 18.1. The monoisotopic (exact) mass is 791 g/mol. The van der Waals surface area contributed by atoms with Crippen LogP contribution in [0.2, 0.25) is 5.02 Å². The molecule has 0 radical (unpaired) electrons. The second kappa shape index (κ2) is 14.1. The number of aryl methyl sites for hydroxylation is 1. The molecule has 2 fully saturated rings. The summed E-state index contributed by atoms with van der Waals surface area (Å²) >= 11 is 6.19. The smallest absolute Gasteiger partial charge is 0.416 e. The standard InChI is InChI=1S/C37H37ClF3N11O4/c1-21-18-36(8-11-49(12-9-36)33(56)29-31(54)22(2)43-20-44-29)28-30(21)51(19-27(53)45-25-7-6-23(17-24(25)38)37(39,40)41)35-46-34(47-52(35)32(28)55)50-15-13-48(14-16-50)26-5-3-4-10-42-26/h3-7,10,17,20-21,54H,8-9,11-16,18-19H2,1-2H3,(H,45,53). The van der Waals surface area contributed by atoms with Crippen LogP contribution in [0.5, 0.6) is 5.75 Å².